The third kappa shape index (κ3) is 4.78. The van der Waals surface area contributed by atoms with E-state index >= 15 is 0 Å². The molecule has 3 aromatic rings. The van der Waals surface area contributed by atoms with Gasteiger partial charge in [0.25, 0.3) is 5.69 Å². The van der Waals surface area contributed by atoms with Crippen LogP contribution >= 0.6 is 0 Å². The SMILES string of the molecule is CN1Cc2ncnc(N3CCN(Cc4ccccc4)CC3)c2CN(c2ccc([N+](=O)[O-])cc2)C1=O. The highest BCUT2D eigenvalue weighted by Crippen LogP contribution is 2.30. The van der Waals surface area contributed by atoms with Crippen LogP contribution in [0.3, 0.4) is 0 Å². The third-order valence-corrected chi connectivity index (χ3v) is 6.57. The van der Waals surface area contributed by atoms with Crippen LogP contribution in [0.25, 0.3) is 0 Å². The number of nitro benzene ring substituents is 1. The summed E-state index contributed by atoms with van der Waals surface area (Å²) in [5, 5.41) is 11.1. The Balaban J connectivity index is 1.37. The monoisotopic (exact) mass is 473 g/mol. The number of rotatable bonds is 5. The minimum absolute atomic E-state index is 0.0119. The van der Waals surface area contributed by atoms with Crippen LogP contribution in [0.1, 0.15) is 16.8 Å². The minimum atomic E-state index is -0.446. The van der Waals surface area contributed by atoms with Crippen molar-refractivity contribution in [2.24, 2.45) is 0 Å². The first-order chi connectivity index (χ1) is 17.0. The fourth-order valence-corrected chi connectivity index (χ4v) is 4.65. The van der Waals surface area contributed by atoms with Gasteiger partial charge in [0, 0.05) is 63.2 Å². The Labute approximate surface area is 203 Å². The second-order valence-corrected chi connectivity index (χ2v) is 8.87. The van der Waals surface area contributed by atoms with E-state index in [4.69, 9.17) is 0 Å². The van der Waals surface area contributed by atoms with Crippen molar-refractivity contribution in [3.05, 3.63) is 87.9 Å². The molecular weight excluding hydrogens is 446 g/mol. The summed E-state index contributed by atoms with van der Waals surface area (Å²) in [6.07, 6.45) is 1.57. The van der Waals surface area contributed by atoms with E-state index in [9.17, 15) is 14.9 Å². The van der Waals surface area contributed by atoms with Crippen LogP contribution in [0.15, 0.2) is 60.9 Å². The summed E-state index contributed by atoms with van der Waals surface area (Å²) in [5.74, 6) is 0.851. The smallest absolute Gasteiger partial charge is 0.324 e. The molecule has 0 bridgehead atoms. The first-order valence-electron chi connectivity index (χ1n) is 11.6. The molecule has 10 nitrogen and oxygen atoms in total. The summed E-state index contributed by atoms with van der Waals surface area (Å²) < 4.78 is 0. The van der Waals surface area contributed by atoms with Crippen molar-refractivity contribution >= 4 is 23.2 Å². The second-order valence-electron chi connectivity index (χ2n) is 8.87. The van der Waals surface area contributed by atoms with Gasteiger partial charge in [-0.05, 0) is 17.7 Å². The first-order valence-corrected chi connectivity index (χ1v) is 11.6. The molecule has 1 saturated heterocycles. The van der Waals surface area contributed by atoms with Crippen molar-refractivity contribution in [1.82, 2.24) is 19.8 Å². The van der Waals surface area contributed by atoms with E-state index < -0.39 is 4.92 Å². The first kappa shape index (κ1) is 22.7. The number of nitro groups is 1. The number of non-ortho nitro benzene ring substituents is 1. The molecule has 0 atom stereocenters. The van der Waals surface area contributed by atoms with E-state index in [-0.39, 0.29) is 11.7 Å². The number of anilines is 2. The van der Waals surface area contributed by atoms with E-state index in [0.717, 1.165) is 49.8 Å². The Morgan fingerprint density at radius 3 is 2.34 bits per heavy atom. The molecule has 35 heavy (non-hydrogen) atoms. The van der Waals surface area contributed by atoms with Crippen LogP contribution in [-0.4, -0.2) is 63.9 Å². The Bertz CT molecular complexity index is 1210. The maximum atomic E-state index is 13.2. The van der Waals surface area contributed by atoms with Crippen LogP contribution in [0.2, 0.25) is 0 Å². The number of piperazine rings is 1. The molecule has 0 unspecified atom stereocenters. The summed E-state index contributed by atoms with van der Waals surface area (Å²) in [6, 6.07) is 16.3. The summed E-state index contributed by atoms with van der Waals surface area (Å²) in [6.45, 7) is 5.09. The number of benzene rings is 2. The summed E-state index contributed by atoms with van der Waals surface area (Å²) >= 11 is 0. The van der Waals surface area contributed by atoms with Crippen molar-refractivity contribution < 1.29 is 9.72 Å². The van der Waals surface area contributed by atoms with Gasteiger partial charge in [-0.25, -0.2) is 14.8 Å². The van der Waals surface area contributed by atoms with Gasteiger partial charge >= 0.3 is 6.03 Å². The molecule has 1 fully saturated rings. The number of nitrogens with zero attached hydrogens (tertiary/aromatic N) is 7. The minimum Gasteiger partial charge on any atom is -0.354 e. The second kappa shape index (κ2) is 9.67. The molecule has 0 spiro atoms. The quantitative estimate of drug-likeness (QED) is 0.414. The lowest BCUT2D eigenvalue weighted by atomic mass is 10.1. The molecule has 1 aromatic heterocycles. The fraction of sp³-hybridized carbons (Fsp3) is 0.320. The molecule has 2 aliphatic rings. The number of amides is 2. The molecule has 10 heteroatoms. The van der Waals surface area contributed by atoms with Gasteiger partial charge in [0.15, 0.2) is 0 Å². The van der Waals surface area contributed by atoms with Crippen molar-refractivity contribution in [2.75, 3.05) is 43.0 Å². The Morgan fingerprint density at radius 1 is 0.943 bits per heavy atom. The highest BCUT2D eigenvalue weighted by molar-refractivity contribution is 5.92. The number of hydrogen-bond acceptors (Lipinski definition) is 7. The molecule has 2 aromatic carbocycles. The lowest BCUT2D eigenvalue weighted by molar-refractivity contribution is -0.384. The van der Waals surface area contributed by atoms with Gasteiger partial charge in [0.2, 0.25) is 0 Å². The Hall–Kier alpha value is -4.05. The number of carbonyl (C=O) groups is 1. The van der Waals surface area contributed by atoms with Crippen LogP contribution in [0.5, 0.6) is 0 Å². The van der Waals surface area contributed by atoms with Crippen molar-refractivity contribution in [1.29, 1.82) is 0 Å². The van der Waals surface area contributed by atoms with E-state index in [1.54, 1.807) is 35.3 Å². The fourth-order valence-electron chi connectivity index (χ4n) is 4.65. The Morgan fingerprint density at radius 2 is 1.66 bits per heavy atom. The third-order valence-electron chi connectivity index (χ3n) is 6.57. The van der Waals surface area contributed by atoms with Gasteiger partial charge in [-0.3, -0.25) is 19.9 Å². The molecule has 180 valence electrons. The zero-order valence-corrected chi connectivity index (χ0v) is 19.6. The maximum Gasteiger partial charge on any atom is 0.324 e. The van der Waals surface area contributed by atoms with Gasteiger partial charge in [0.05, 0.1) is 23.7 Å². The van der Waals surface area contributed by atoms with Crippen LogP contribution < -0.4 is 9.80 Å². The van der Waals surface area contributed by atoms with E-state index in [1.165, 1.54) is 17.7 Å². The number of hydrogen-bond donors (Lipinski definition) is 0. The van der Waals surface area contributed by atoms with Gasteiger partial charge in [-0.15, -0.1) is 0 Å². The molecule has 2 aliphatic heterocycles. The lowest BCUT2D eigenvalue weighted by Crippen LogP contribution is -2.46. The lowest BCUT2D eigenvalue weighted by Gasteiger charge is -2.36. The van der Waals surface area contributed by atoms with Gasteiger partial charge in [-0.1, -0.05) is 30.3 Å². The normalized spacial score (nSPS) is 16.7. The zero-order valence-electron chi connectivity index (χ0n) is 19.6. The van der Waals surface area contributed by atoms with Gasteiger partial charge in [0.1, 0.15) is 12.1 Å². The summed E-state index contributed by atoms with van der Waals surface area (Å²) in [7, 11) is 1.74. The molecule has 5 rings (SSSR count). The van der Waals surface area contributed by atoms with Gasteiger partial charge in [-0.2, -0.15) is 0 Å². The van der Waals surface area contributed by atoms with Crippen molar-refractivity contribution in [2.45, 2.75) is 19.6 Å². The number of aromatic nitrogens is 2. The number of fused-ring (bicyclic) bond motifs is 1. The summed E-state index contributed by atoms with van der Waals surface area (Å²) in [5.41, 5.74) is 3.63. The molecule has 0 N–H and O–H groups in total. The van der Waals surface area contributed by atoms with Crippen LogP contribution in [0, 0.1) is 10.1 Å². The molecule has 2 amide bonds. The molecule has 0 radical (unpaired) electrons. The number of urea groups is 1. The average Bonchev–Trinajstić information content (AvgIpc) is 3.01. The molecule has 0 aliphatic carbocycles. The van der Waals surface area contributed by atoms with Crippen LogP contribution in [-0.2, 0) is 19.6 Å². The largest absolute Gasteiger partial charge is 0.354 e. The van der Waals surface area contributed by atoms with Gasteiger partial charge < -0.3 is 9.80 Å². The standard InChI is InChI=1S/C25H27N7O3/c1-28-17-23-22(16-31(25(28)33)20-7-9-21(10-8-20)32(34)35)24(27-18-26-23)30-13-11-29(12-14-30)15-19-5-3-2-4-6-19/h2-10,18H,11-17H2,1H3. The maximum absolute atomic E-state index is 13.2. The molecule has 0 saturated carbocycles. The highest BCUT2D eigenvalue weighted by Gasteiger charge is 2.31. The summed E-state index contributed by atoms with van der Waals surface area (Å²) in [4.78, 5) is 40.9. The van der Waals surface area contributed by atoms with Crippen molar-refractivity contribution in [3.8, 4) is 0 Å². The molecular formula is C25H27N7O3. The predicted molar refractivity (Wildman–Crippen MR) is 132 cm³/mol. The topological polar surface area (TPSA) is 99.0 Å². The van der Waals surface area contributed by atoms with Crippen LogP contribution in [0.4, 0.5) is 22.0 Å². The van der Waals surface area contributed by atoms with E-state index in [2.05, 4.69) is 44.0 Å². The zero-order chi connectivity index (χ0) is 24.4. The molecule has 3 heterocycles. The predicted octanol–water partition coefficient (Wildman–Crippen LogP) is 3.28. The average molecular weight is 474 g/mol. The highest BCUT2D eigenvalue weighted by atomic mass is 16.6. The Kier molecular flexibility index (Phi) is 6.28. The number of carbonyl (C=O) groups excluding carboxylic acids is 1. The van der Waals surface area contributed by atoms with E-state index in [1.807, 2.05) is 6.07 Å². The van der Waals surface area contributed by atoms with Crippen molar-refractivity contribution in [3.63, 3.8) is 0 Å². The van der Waals surface area contributed by atoms with E-state index in [0.29, 0.717) is 18.8 Å².